The van der Waals surface area contributed by atoms with E-state index in [-0.39, 0.29) is 0 Å². The minimum atomic E-state index is -0.393. The Morgan fingerprint density at radius 1 is 1.13 bits per heavy atom. The van der Waals surface area contributed by atoms with Gasteiger partial charge in [0.05, 0.1) is 5.60 Å². The molecule has 15 heavy (non-hydrogen) atoms. The van der Waals surface area contributed by atoms with E-state index in [0.717, 1.165) is 19.4 Å². The zero-order valence-corrected chi connectivity index (χ0v) is 10.6. The van der Waals surface area contributed by atoms with Crippen molar-refractivity contribution >= 4 is 0 Å². The van der Waals surface area contributed by atoms with Gasteiger partial charge in [0.15, 0.2) is 0 Å². The highest BCUT2D eigenvalue weighted by Crippen LogP contribution is 2.29. The van der Waals surface area contributed by atoms with Gasteiger partial charge in [0.25, 0.3) is 0 Å². The third kappa shape index (κ3) is 3.76. The van der Waals surface area contributed by atoms with Gasteiger partial charge in [0.2, 0.25) is 0 Å². The van der Waals surface area contributed by atoms with Crippen molar-refractivity contribution in [2.24, 2.45) is 0 Å². The van der Waals surface area contributed by atoms with Gasteiger partial charge in [-0.3, -0.25) is 0 Å². The molecule has 0 bridgehead atoms. The molecule has 2 heteroatoms. The monoisotopic (exact) mass is 213 g/mol. The van der Waals surface area contributed by atoms with E-state index < -0.39 is 5.60 Å². The molecule has 1 fully saturated rings. The van der Waals surface area contributed by atoms with Crippen molar-refractivity contribution < 1.29 is 5.11 Å². The summed E-state index contributed by atoms with van der Waals surface area (Å²) in [6.45, 7) is 5.32. The van der Waals surface area contributed by atoms with E-state index in [9.17, 15) is 5.11 Å². The summed E-state index contributed by atoms with van der Waals surface area (Å²) < 4.78 is 0. The van der Waals surface area contributed by atoms with Gasteiger partial charge in [-0.25, -0.2) is 0 Å². The van der Waals surface area contributed by atoms with E-state index in [2.05, 4.69) is 25.8 Å². The minimum absolute atomic E-state index is 0.393. The van der Waals surface area contributed by atoms with Crippen LogP contribution in [0, 0.1) is 0 Å². The SMILES string of the molecule is CCC(CC)N(C)CC1(O)CCCCC1. The minimum Gasteiger partial charge on any atom is -0.389 e. The largest absolute Gasteiger partial charge is 0.389 e. The standard InChI is InChI=1S/C13H27NO/c1-4-12(5-2)14(3)11-13(15)9-7-6-8-10-13/h12,15H,4-11H2,1-3H3. The molecular weight excluding hydrogens is 186 g/mol. The van der Waals surface area contributed by atoms with Gasteiger partial charge in [0, 0.05) is 12.6 Å². The number of aliphatic hydroxyl groups is 1. The summed E-state index contributed by atoms with van der Waals surface area (Å²) in [5.74, 6) is 0. The Morgan fingerprint density at radius 2 is 1.67 bits per heavy atom. The maximum Gasteiger partial charge on any atom is 0.0774 e. The maximum atomic E-state index is 10.4. The van der Waals surface area contributed by atoms with E-state index in [1.54, 1.807) is 0 Å². The molecule has 0 aromatic rings. The molecule has 0 aromatic carbocycles. The number of likely N-dealkylation sites (N-methyl/N-ethyl adjacent to an activating group) is 1. The van der Waals surface area contributed by atoms with Crippen molar-refractivity contribution in [1.82, 2.24) is 4.90 Å². The fraction of sp³-hybridized carbons (Fsp3) is 1.00. The van der Waals surface area contributed by atoms with Crippen LogP contribution in [0.1, 0.15) is 58.8 Å². The van der Waals surface area contributed by atoms with Crippen LogP contribution in [0.15, 0.2) is 0 Å². The van der Waals surface area contributed by atoms with Crippen molar-refractivity contribution in [3.8, 4) is 0 Å². The fourth-order valence-corrected chi connectivity index (χ4v) is 2.87. The van der Waals surface area contributed by atoms with Crippen molar-refractivity contribution in [3.63, 3.8) is 0 Å². The molecule has 0 atom stereocenters. The van der Waals surface area contributed by atoms with Gasteiger partial charge in [0.1, 0.15) is 0 Å². The molecule has 0 radical (unpaired) electrons. The highest BCUT2D eigenvalue weighted by molar-refractivity contribution is 4.86. The lowest BCUT2D eigenvalue weighted by atomic mass is 9.84. The molecular formula is C13H27NO. The van der Waals surface area contributed by atoms with Crippen LogP contribution in [0.5, 0.6) is 0 Å². The van der Waals surface area contributed by atoms with Crippen LogP contribution < -0.4 is 0 Å². The molecule has 1 rings (SSSR count). The van der Waals surface area contributed by atoms with E-state index >= 15 is 0 Å². The Hall–Kier alpha value is -0.0800. The van der Waals surface area contributed by atoms with E-state index in [4.69, 9.17) is 0 Å². The summed E-state index contributed by atoms with van der Waals surface area (Å²) in [6.07, 6.45) is 8.07. The third-order valence-corrected chi connectivity index (χ3v) is 3.89. The smallest absolute Gasteiger partial charge is 0.0774 e. The topological polar surface area (TPSA) is 23.5 Å². The Morgan fingerprint density at radius 3 is 2.13 bits per heavy atom. The molecule has 1 N–H and O–H groups in total. The number of hydrogen-bond acceptors (Lipinski definition) is 2. The molecule has 0 saturated heterocycles. The predicted molar refractivity (Wildman–Crippen MR) is 65.0 cm³/mol. The molecule has 0 heterocycles. The average Bonchev–Trinajstić information content (AvgIpc) is 2.19. The molecule has 0 amide bonds. The van der Waals surface area contributed by atoms with Crippen molar-refractivity contribution in [1.29, 1.82) is 0 Å². The first kappa shape index (κ1) is 13.0. The van der Waals surface area contributed by atoms with E-state index in [1.165, 1.54) is 32.1 Å². The van der Waals surface area contributed by atoms with Crippen LogP contribution in [-0.2, 0) is 0 Å². The first-order chi connectivity index (χ1) is 7.11. The number of rotatable bonds is 5. The lowest BCUT2D eigenvalue weighted by Gasteiger charge is -2.38. The summed E-state index contributed by atoms with van der Waals surface area (Å²) in [4.78, 5) is 2.35. The first-order valence-corrected chi connectivity index (χ1v) is 6.54. The van der Waals surface area contributed by atoms with Crippen LogP contribution in [0.25, 0.3) is 0 Å². The average molecular weight is 213 g/mol. The normalized spacial score (nSPS) is 21.2. The van der Waals surface area contributed by atoms with Crippen molar-refractivity contribution in [2.45, 2.75) is 70.4 Å². The van der Waals surface area contributed by atoms with Crippen LogP contribution >= 0.6 is 0 Å². The summed E-state index contributed by atoms with van der Waals surface area (Å²) in [7, 11) is 2.16. The molecule has 1 saturated carbocycles. The van der Waals surface area contributed by atoms with E-state index in [0.29, 0.717) is 6.04 Å². The predicted octanol–water partition coefficient (Wildman–Crippen LogP) is 2.80. The Labute approximate surface area is 94.7 Å². The van der Waals surface area contributed by atoms with E-state index in [1.807, 2.05) is 0 Å². The highest BCUT2D eigenvalue weighted by atomic mass is 16.3. The Balaban J connectivity index is 2.44. The summed E-state index contributed by atoms with van der Waals surface area (Å²) in [5.41, 5.74) is -0.393. The molecule has 90 valence electrons. The van der Waals surface area contributed by atoms with Gasteiger partial charge in [-0.2, -0.15) is 0 Å². The quantitative estimate of drug-likeness (QED) is 0.759. The maximum absolute atomic E-state index is 10.4. The van der Waals surface area contributed by atoms with Crippen molar-refractivity contribution in [3.05, 3.63) is 0 Å². The molecule has 0 unspecified atom stereocenters. The van der Waals surface area contributed by atoms with Gasteiger partial charge >= 0.3 is 0 Å². The molecule has 0 spiro atoms. The lowest BCUT2D eigenvalue weighted by molar-refractivity contribution is -0.0298. The second-order valence-corrected chi connectivity index (χ2v) is 5.17. The Kier molecular flexibility index (Phi) is 5.07. The molecule has 2 nitrogen and oxygen atoms in total. The molecule has 0 aromatic heterocycles. The second kappa shape index (κ2) is 5.86. The van der Waals surface area contributed by atoms with Gasteiger partial charge in [-0.05, 0) is 32.7 Å². The van der Waals surface area contributed by atoms with Crippen molar-refractivity contribution in [2.75, 3.05) is 13.6 Å². The van der Waals surface area contributed by atoms with Crippen LogP contribution in [0.4, 0.5) is 0 Å². The van der Waals surface area contributed by atoms with Crippen LogP contribution in [0.3, 0.4) is 0 Å². The zero-order chi connectivity index (χ0) is 11.3. The summed E-state index contributed by atoms with van der Waals surface area (Å²) >= 11 is 0. The Bertz CT molecular complexity index is 171. The first-order valence-electron chi connectivity index (χ1n) is 6.54. The highest BCUT2D eigenvalue weighted by Gasteiger charge is 2.31. The third-order valence-electron chi connectivity index (χ3n) is 3.89. The molecule has 0 aliphatic heterocycles. The summed E-state index contributed by atoms with van der Waals surface area (Å²) in [6, 6.07) is 0.635. The van der Waals surface area contributed by atoms with Gasteiger partial charge in [-0.15, -0.1) is 0 Å². The zero-order valence-electron chi connectivity index (χ0n) is 10.6. The summed E-state index contributed by atoms with van der Waals surface area (Å²) in [5, 5.41) is 10.4. The van der Waals surface area contributed by atoms with Gasteiger partial charge < -0.3 is 10.0 Å². The number of nitrogens with zero attached hydrogens (tertiary/aromatic N) is 1. The molecule has 1 aliphatic rings. The van der Waals surface area contributed by atoms with Crippen LogP contribution in [-0.4, -0.2) is 35.2 Å². The lowest BCUT2D eigenvalue weighted by Crippen LogP contribution is -2.46. The molecule has 1 aliphatic carbocycles. The number of hydrogen-bond donors (Lipinski definition) is 1. The fourth-order valence-electron chi connectivity index (χ4n) is 2.87. The van der Waals surface area contributed by atoms with Crippen LogP contribution in [0.2, 0.25) is 0 Å². The second-order valence-electron chi connectivity index (χ2n) is 5.17. The van der Waals surface area contributed by atoms with Gasteiger partial charge in [-0.1, -0.05) is 33.1 Å².